The highest BCUT2D eigenvalue weighted by Crippen LogP contribution is 2.19. The van der Waals surface area contributed by atoms with Crippen LogP contribution in [0.5, 0.6) is 5.75 Å². The number of benzene rings is 1. The van der Waals surface area contributed by atoms with E-state index in [1.165, 1.54) is 5.56 Å². The van der Waals surface area contributed by atoms with Gasteiger partial charge in [0, 0.05) is 25.0 Å². The van der Waals surface area contributed by atoms with Crippen LogP contribution >= 0.6 is 0 Å². The Morgan fingerprint density at radius 1 is 1.33 bits per heavy atom. The van der Waals surface area contributed by atoms with Crippen molar-refractivity contribution in [1.82, 2.24) is 14.9 Å². The smallest absolute Gasteiger partial charge is 0.119 e. The van der Waals surface area contributed by atoms with Crippen molar-refractivity contribution in [1.29, 1.82) is 0 Å². The molecule has 1 heterocycles. The molecule has 0 aliphatic carbocycles. The topological polar surface area (TPSA) is 39.1 Å². The molecule has 1 aromatic heterocycles. The molecule has 0 saturated heterocycles. The van der Waals surface area contributed by atoms with E-state index in [1.54, 1.807) is 6.20 Å². The van der Waals surface area contributed by atoms with Crippen LogP contribution < -0.4 is 10.1 Å². The van der Waals surface area contributed by atoms with E-state index in [1.807, 2.05) is 38.6 Å². The second-order valence-electron chi connectivity index (χ2n) is 4.10. The minimum atomic E-state index is 0.273. The molecule has 1 atom stereocenters. The van der Waals surface area contributed by atoms with Gasteiger partial charge in [-0.2, -0.15) is 0 Å². The predicted octanol–water partition coefficient (Wildman–Crippen LogP) is 2.24. The Kier molecular flexibility index (Phi) is 4.36. The second-order valence-corrected chi connectivity index (χ2v) is 4.10. The Morgan fingerprint density at radius 2 is 2.11 bits per heavy atom. The zero-order chi connectivity index (χ0) is 12.8. The summed E-state index contributed by atoms with van der Waals surface area (Å²) < 4.78 is 7.51. The number of rotatable bonds is 6. The Hall–Kier alpha value is -1.81. The molecule has 0 bridgehead atoms. The lowest BCUT2D eigenvalue weighted by atomic mass is 10.1. The number of likely N-dealkylation sites (N-methyl/N-ethyl adjacent to an activating group) is 1. The molecule has 2 rings (SSSR count). The zero-order valence-corrected chi connectivity index (χ0v) is 10.8. The van der Waals surface area contributed by atoms with Crippen LogP contribution in [0.1, 0.15) is 18.5 Å². The molecule has 96 valence electrons. The van der Waals surface area contributed by atoms with Crippen molar-refractivity contribution in [2.24, 2.45) is 0 Å². The highest BCUT2D eigenvalue weighted by Gasteiger charge is 2.09. The van der Waals surface area contributed by atoms with Crippen LogP contribution in [0.2, 0.25) is 0 Å². The van der Waals surface area contributed by atoms with Gasteiger partial charge in [-0.25, -0.2) is 4.98 Å². The van der Waals surface area contributed by atoms with E-state index in [9.17, 15) is 0 Å². The Labute approximate surface area is 108 Å². The van der Waals surface area contributed by atoms with Gasteiger partial charge in [0.1, 0.15) is 5.75 Å². The van der Waals surface area contributed by atoms with Gasteiger partial charge >= 0.3 is 0 Å². The Bertz CT molecular complexity index is 450. The van der Waals surface area contributed by atoms with Crippen molar-refractivity contribution in [2.75, 3.05) is 13.7 Å². The summed E-state index contributed by atoms with van der Waals surface area (Å²) in [5.74, 6) is 0.915. The first kappa shape index (κ1) is 12.6. The van der Waals surface area contributed by atoms with Crippen molar-refractivity contribution >= 4 is 0 Å². The lowest BCUT2D eigenvalue weighted by molar-refractivity contribution is 0.340. The van der Waals surface area contributed by atoms with Gasteiger partial charge in [-0.1, -0.05) is 12.1 Å². The van der Waals surface area contributed by atoms with Crippen LogP contribution in [0, 0.1) is 0 Å². The molecule has 4 nitrogen and oxygen atoms in total. The average molecular weight is 245 g/mol. The fraction of sp³-hybridized carbons (Fsp3) is 0.357. The number of aromatic nitrogens is 2. The highest BCUT2D eigenvalue weighted by atomic mass is 16.5. The molecule has 18 heavy (non-hydrogen) atoms. The number of ether oxygens (including phenoxy) is 1. The van der Waals surface area contributed by atoms with Crippen LogP contribution in [0.15, 0.2) is 43.0 Å². The van der Waals surface area contributed by atoms with E-state index < -0.39 is 0 Å². The summed E-state index contributed by atoms with van der Waals surface area (Å²) in [5.41, 5.74) is 1.25. The quantitative estimate of drug-likeness (QED) is 0.848. The van der Waals surface area contributed by atoms with E-state index in [2.05, 4.69) is 27.0 Å². The molecule has 1 aromatic carbocycles. The third-order valence-electron chi connectivity index (χ3n) is 2.89. The van der Waals surface area contributed by atoms with Gasteiger partial charge in [0.2, 0.25) is 0 Å². The lowest BCUT2D eigenvalue weighted by Gasteiger charge is -2.17. The summed E-state index contributed by atoms with van der Waals surface area (Å²) in [5, 5.41) is 3.32. The van der Waals surface area contributed by atoms with E-state index in [-0.39, 0.29) is 6.04 Å². The molecule has 0 aliphatic rings. The van der Waals surface area contributed by atoms with Crippen LogP contribution in [0.4, 0.5) is 0 Å². The largest absolute Gasteiger partial charge is 0.494 e. The molecule has 0 aliphatic heterocycles. The average Bonchev–Trinajstić information content (AvgIpc) is 2.90. The van der Waals surface area contributed by atoms with Gasteiger partial charge < -0.3 is 14.6 Å². The summed E-state index contributed by atoms with van der Waals surface area (Å²) in [7, 11) is 1.97. The zero-order valence-electron chi connectivity index (χ0n) is 10.8. The van der Waals surface area contributed by atoms with E-state index in [0.29, 0.717) is 6.61 Å². The summed E-state index contributed by atoms with van der Waals surface area (Å²) >= 11 is 0. The Balaban J connectivity index is 2.07. The predicted molar refractivity (Wildman–Crippen MR) is 71.6 cm³/mol. The monoisotopic (exact) mass is 245 g/mol. The van der Waals surface area contributed by atoms with Gasteiger partial charge in [0.05, 0.1) is 12.9 Å². The van der Waals surface area contributed by atoms with Gasteiger partial charge in [-0.15, -0.1) is 0 Å². The molecular formula is C14H19N3O. The number of imidazole rings is 1. The summed E-state index contributed by atoms with van der Waals surface area (Å²) in [6.07, 6.45) is 5.60. The molecular weight excluding hydrogens is 226 g/mol. The molecule has 0 spiro atoms. The molecule has 1 N–H and O–H groups in total. The van der Waals surface area contributed by atoms with Gasteiger partial charge in [0.25, 0.3) is 0 Å². The van der Waals surface area contributed by atoms with Gasteiger partial charge in [0.15, 0.2) is 0 Å². The molecule has 2 aromatic rings. The standard InChI is InChI=1S/C14H19N3O/c1-3-18-13-6-4-12(5-7-13)14(15-2)10-17-9-8-16-11-17/h4-9,11,14-15H,3,10H2,1-2H3. The van der Waals surface area contributed by atoms with Gasteiger partial charge in [-0.05, 0) is 31.7 Å². The first-order valence-electron chi connectivity index (χ1n) is 6.19. The summed E-state index contributed by atoms with van der Waals surface area (Å²) in [6, 6.07) is 8.50. The fourth-order valence-corrected chi connectivity index (χ4v) is 1.93. The Morgan fingerprint density at radius 3 is 2.67 bits per heavy atom. The van der Waals surface area contributed by atoms with Crippen LogP contribution in [0.3, 0.4) is 0 Å². The summed E-state index contributed by atoms with van der Waals surface area (Å²) in [6.45, 7) is 3.55. The van der Waals surface area contributed by atoms with Crippen molar-refractivity contribution in [3.8, 4) is 5.75 Å². The maximum absolute atomic E-state index is 5.44. The maximum Gasteiger partial charge on any atom is 0.119 e. The third kappa shape index (κ3) is 3.11. The third-order valence-corrected chi connectivity index (χ3v) is 2.89. The lowest BCUT2D eigenvalue weighted by Crippen LogP contribution is -2.21. The van der Waals surface area contributed by atoms with Crippen LogP contribution in [0.25, 0.3) is 0 Å². The van der Waals surface area contributed by atoms with Crippen molar-refractivity contribution in [2.45, 2.75) is 19.5 Å². The number of hydrogen-bond donors (Lipinski definition) is 1. The minimum absolute atomic E-state index is 0.273. The maximum atomic E-state index is 5.44. The van der Waals surface area contributed by atoms with Crippen LogP contribution in [-0.2, 0) is 6.54 Å². The van der Waals surface area contributed by atoms with Crippen LogP contribution in [-0.4, -0.2) is 23.2 Å². The fourth-order valence-electron chi connectivity index (χ4n) is 1.93. The van der Waals surface area contributed by atoms with Crippen molar-refractivity contribution in [3.05, 3.63) is 48.5 Å². The normalized spacial score (nSPS) is 12.3. The first-order chi connectivity index (χ1) is 8.83. The molecule has 1 unspecified atom stereocenters. The van der Waals surface area contributed by atoms with Crippen molar-refractivity contribution < 1.29 is 4.74 Å². The molecule has 0 amide bonds. The molecule has 0 fully saturated rings. The molecule has 0 radical (unpaired) electrons. The molecule has 0 saturated carbocycles. The highest BCUT2D eigenvalue weighted by molar-refractivity contribution is 5.29. The van der Waals surface area contributed by atoms with Crippen molar-refractivity contribution in [3.63, 3.8) is 0 Å². The number of nitrogens with one attached hydrogen (secondary N) is 1. The number of hydrogen-bond acceptors (Lipinski definition) is 3. The van der Waals surface area contributed by atoms with Gasteiger partial charge in [-0.3, -0.25) is 0 Å². The first-order valence-corrected chi connectivity index (χ1v) is 6.19. The van der Waals surface area contributed by atoms with E-state index in [4.69, 9.17) is 4.74 Å². The van der Waals surface area contributed by atoms with E-state index in [0.717, 1.165) is 12.3 Å². The number of nitrogens with zero attached hydrogens (tertiary/aromatic N) is 2. The molecule has 4 heteroatoms. The summed E-state index contributed by atoms with van der Waals surface area (Å²) in [4.78, 5) is 4.06. The second kappa shape index (κ2) is 6.21. The van der Waals surface area contributed by atoms with E-state index >= 15 is 0 Å². The SMILES string of the molecule is CCOc1ccc(C(Cn2ccnc2)NC)cc1. The minimum Gasteiger partial charge on any atom is -0.494 e.